The average molecular weight is 307 g/mol. The molecule has 0 amide bonds. The molecule has 0 aromatic heterocycles. The second kappa shape index (κ2) is 7.05. The zero-order valence-corrected chi connectivity index (χ0v) is 13.0. The molecule has 0 radical (unpaired) electrons. The van der Waals surface area contributed by atoms with Crippen LogP contribution in [0.2, 0.25) is 0 Å². The van der Waals surface area contributed by atoms with Crippen LogP contribution in [0.15, 0.2) is 24.3 Å². The van der Waals surface area contributed by atoms with E-state index in [0.29, 0.717) is 19.6 Å². The fraction of sp³-hybridized carbons (Fsp3) is 0.467. The third-order valence-corrected chi connectivity index (χ3v) is 5.17. The van der Waals surface area contributed by atoms with Gasteiger partial charge in [-0.15, -0.1) is 0 Å². The van der Waals surface area contributed by atoms with E-state index < -0.39 is 10.2 Å². The second-order valence-electron chi connectivity index (χ2n) is 5.08. The van der Waals surface area contributed by atoms with Crippen LogP contribution in [-0.4, -0.2) is 32.4 Å². The molecule has 1 heterocycles. The highest BCUT2D eigenvalue weighted by Crippen LogP contribution is 2.17. The smallest absolute Gasteiger partial charge is 0.279 e. The Morgan fingerprint density at radius 2 is 1.90 bits per heavy atom. The SMILES string of the molecule is CC(NS(=O)(=O)N1CCCC1)c1ccc(C#CCN)cc1. The summed E-state index contributed by atoms with van der Waals surface area (Å²) in [4.78, 5) is 0. The Morgan fingerprint density at radius 3 is 2.48 bits per heavy atom. The topological polar surface area (TPSA) is 75.4 Å². The predicted octanol–water partition coefficient (Wildman–Crippen LogP) is 0.988. The molecule has 0 spiro atoms. The van der Waals surface area contributed by atoms with Crippen molar-refractivity contribution in [3.05, 3.63) is 35.4 Å². The van der Waals surface area contributed by atoms with Crippen molar-refractivity contribution in [3.63, 3.8) is 0 Å². The lowest BCUT2D eigenvalue weighted by Crippen LogP contribution is -2.40. The Balaban J connectivity index is 2.04. The first-order valence-electron chi connectivity index (χ1n) is 7.09. The molecule has 1 aliphatic rings. The zero-order valence-electron chi connectivity index (χ0n) is 12.2. The van der Waals surface area contributed by atoms with Crippen LogP contribution < -0.4 is 10.5 Å². The van der Waals surface area contributed by atoms with Gasteiger partial charge in [0.1, 0.15) is 0 Å². The van der Waals surface area contributed by atoms with Gasteiger partial charge in [0.2, 0.25) is 0 Å². The number of rotatable bonds is 4. The first-order valence-corrected chi connectivity index (χ1v) is 8.53. The van der Waals surface area contributed by atoms with Crippen molar-refractivity contribution >= 4 is 10.2 Å². The van der Waals surface area contributed by atoms with E-state index in [1.807, 2.05) is 31.2 Å². The van der Waals surface area contributed by atoms with E-state index in [-0.39, 0.29) is 6.04 Å². The summed E-state index contributed by atoms with van der Waals surface area (Å²) >= 11 is 0. The molecular formula is C15H21N3O2S. The Bertz CT molecular complexity index is 623. The maximum atomic E-state index is 12.2. The summed E-state index contributed by atoms with van der Waals surface area (Å²) in [5.41, 5.74) is 7.12. The second-order valence-corrected chi connectivity index (χ2v) is 6.78. The van der Waals surface area contributed by atoms with Crippen LogP contribution in [0.5, 0.6) is 0 Å². The molecule has 21 heavy (non-hydrogen) atoms. The summed E-state index contributed by atoms with van der Waals surface area (Å²) in [6.07, 6.45) is 1.87. The summed E-state index contributed by atoms with van der Waals surface area (Å²) in [5, 5.41) is 0. The van der Waals surface area contributed by atoms with Crippen molar-refractivity contribution in [1.29, 1.82) is 0 Å². The monoisotopic (exact) mass is 307 g/mol. The molecule has 0 saturated carbocycles. The van der Waals surface area contributed by atoms with Crippen molar-refractivity contribution < 1.29 is 8.42 Å². The number of benzene rings is 1. The van der Waals surface area contributed by atoms with Gasteiger partial charge in [-0.25, -0.2) is 0 Å². The first kappa shape index (κ1) is 16.0. The van der Waals surface area contributed by atoms with Gasteiger partial charge in [-0.1, -0.05) is 24.0 Å². The van der Waals surface area contributed by atoms with E-state index >= 15 is 0 Å². The van der Waals surface area contributed by atoms with E-state index in [4.69, 9.17) is 5.73 Å². The highest BCUT2D eigenvalue weighted by atomic mass is 32.2. The number of nitrogens with two attached hydrogens (primary N) is 1. The highest BCUT2D eigenvalue weighted by Gasteiger charge is 2.26. The largest absolute Gasteiger partial charge is 0.320 e. The minimum atomic E-state index is -3.39. The summed E-state index contributed by atoms with van der Waals surface area (Å²) < 4.78 is 28.6. The zero-order chi connectivity index (χ0) is 15.3. The molecule has 2 rings (SSSR count). The normalized spacial score (nSPS) is 17.2. The molecule has 1 aromatic rings. The van der Waals surface area contributed by atoms with Crippen LogP contribution in [0.3, 0.4) is 0 Å². The van der Waals surface area contributed by atoms with Gasteiger partial charge in [0, 0.05) is 24.7 Å². The molecular weight excluding hydrogens is 286 g/mol. The number of nitrogens with zero attached hydrogens (tertiary/aromatic N) is 1. The quantitative estimate of drug-likeness (QED) is 0.815. The van der Waals surface area contributed by atoms with Crippen molar-refractivity contribution in [2.75, 3.05) is 19.6 Å². The molecule has 1 atom stereocenters. The van der Waals surface area contributed by atoms with Gasteiger partial charge < -0.3 is 5.73 Å². The summed E-state index contributed by atoms with van der Waals surface area (Å²) in [6, 6.07) is 7.25. The lowest BCUT2D eigenvalue weighted by molar-refractivity contribution is 0.457. The van der Waals surface area contributed by atoms with E-state index in [1.165, 1.54) is 4.31 Å². The molecule has 1 aromatic carbocycles. The molecule has 1 unspecified atom stereocenters. The van der Waals surface area contributed by atoms with Crippen molar-refractivity contribution in [1.82, 2.24) is 9.03 Å². The summed E-state index contributed by atoms with van der Waals surface area (Å²) in [7, 11) is -3.39. The lowest BCUT2D eigenvalue weighted by atomic mass is 10.1. The van der Waals surface area contributed by atoms with Crippen molar-refractivity contribution in [3.8, 4) is 11.8 Å². The molecule has 1 aliphatic heterocycles. The molecule has 1 saturated heterocycles. The lowest BCUT2D eigenvalue weighted by Gasteiger charge is -2.20. The van der Waals surface area contributed by atoms with Gasteiger partial charge in [0.15, 0.2) is 0 Å². The molecule has 114 valence electrons. The Kier molecular flexibility index (Phi) is 5.37. The third kappa shape index (κ3) is 4.29. The van der Waals surface area contributed by atoms with E-state index in [0.717, 1.165) is 24.0 Å². The van der Waals surface area contributed by atoms with Crippen LogP contribution in [0.1, 0.15) is 36.9 Å². The maximum absolute atomic E-state index is 12.2. The van der Waals surface area contributed by atoms with Crippen LogP contribution >= 0.6 is 0 Å². The van der Waals surface area contributed by atoms with E-state index in [1.54, 1.807) is 0 Å². The van der Waals surface area contributed by atoms with Crippen LogP contribution in [0, 0.1) is 11.8 Å². The van der Waals surface area contributed by atoms with Gasteiger partial charge in [0.25, 0.3) is 10.2 Å². The van der Waals surface area contributed by atoms with Gasteiger partial charge >= 0.3 is 0 Å². The maximum Gasteiger partial charge on any atom is 0.279 e. The van der Waals surface area contributed by atoms with Crippen LogP contribution in [0.4, 0.5) is 0 Å². The average Bonchev–Trinajstić information content (AvgIpc) is 3.00. The standard InChI is InChI=1S/C15H21N3O2S/c1-13(17-21(19,20)18-11-2-3-12-18)15-8-6-14(7-9-15)5-4-10-16/h6-9,13,17H,2-3,10-12,16H2,1H3. The fourth-order valence-electron chi connectivity index (χ4n) is 2.30. The van der Waals surface area contributed by atoms with Gasteiger partial charge in [-0.05, 0) is 37.5 Å². The van der Waals surface area contributed by atoms with Gasteiger partial charge in [-0.2, -0.15) is 17.4 Å². The predicted molar refractivity (Wildman–Crippen MR) is 83.7 cm³/mol. The molecule has 1 fully saturated rings. The fourth-order valence-corrected chi connectivity index (χ4v) is 3.77. The Morgan fingerprint density at radius 1 is 1.29 bits per heavy atom. The van der Waals surface area contributed by atoms with Crippen LogP contribution in [0.25, 0.3) is 0 Å². The molecule has 0 aliphatic carbocycles. The van der Waals surface area contributed by atoms with E-state index in [9.17, 15) is 8.42 Å². The van der Waals surface area contributed by atoms with Gasteiger partial charge in [-0.3, -0.25) is 0 Å². The minimum absolute atomic E-state index is 0.271. The summed E-state index contributed by atoms with van der Waals surface area (Å²) in [6.45, 7) is 3.38. The Hall–Kier alpha value is -1.39. The highest BCUT2D eigenvalue weighted by molar-refractivity contribution is 7.87. The number of hydrogen-bond donors (Lipinski definition) is 2. The number of nitrogens with one attached hydrogen (secondary N) is 1. The summed E-state index contributed by atoms with van der Waals surface area (Å²) in [5.74, 6) is 5.73. The Labute approximate surface area is 126 Å². The molecule has 5 nitrogen and oxygen atoms in total. The molecule has 3 N–H and O–H groups in total. The number of hydrogen-bond acceptors (Lipinski definition) is 3. The van der Waals surface area contributed by atoms with Crippen LogP contribution in [-0.2, 0) is 10.2 Å². The molecule has 0 bridgehead atoms. The first-order chi connectivity index (χ1) is 10.0. The van der Waals surface area contributed by atoms with Gasteiger partial charge in [0.05, 0.1) is 6.54 Å². The van der Waals surface area contributed by atoms with E-state index in [2.05, 4.69) is 16.6 Å². The van der Waals surface area contributed by atoms with Crippen molar-refractivity contribution in [2.45, 2.75) is 25.8 Å². The van der Waals surface area contributed by atoms with Crippen molar-refractivity contribution in [2.24, 2.45) is 5.73 Å². The third-order valence-electron chi connectivity index (χ3n) is 3.48. The minimum Gasteiger partial charge on any atom is -0.320 e. The molecule has 6 heteroatoms.